The highest BCUT2D eigenvalue weighted by Gasteiger charge is 2.31. The average molecular weight is 514 g/mol. The smallest absolute Gasteiger partial charge is 0.273 e. The molecule has 1 amide bonds. The number of hydrogen-bond donors (Lipinski definition) is 1. The average Bonchev–Trinajstić information content (AvgIpc) is 2.76. The molecule has 0 aliphatic heterocycles. The van der Waals surface area contributed by atoms with E-state index in [9.17, 15) is 23.3 Å². The predicted octanol–water partition coefficient (Wildman–Crippen LogP) is 3.69. The fourth-order valence-corrected chi connectivity index (χ4v) is 4.65. The molecule has 0 unspecified atom stereocenters. The summed E-state index contributed by atoms with van der Waals surface area (Å²) >= 11 is 6.10. The summed E-state index contributed by atoms with van der Waals surface area (Å²) in [6, 6.07) is 7.90. The third kappa shape index (κ3) is 7.05. The van der Waals surface area contributed by atoms with Crippen molar-refractivity contribution in [2.75, 3.05) is 31.1 Å². The summed E-state index contributed by atoms with van der Waals surface area (Å²) in [5.74, 6) is -0.413. The summed E-state index contributed by atoms with van der Waals surface area (Å²) in [4.78, 5) is 23.0. The van der Waals surface area contributed by atoms with Gasteiger partial charge < -0.3 is 14.8 Å². The second-order valence-corrected chi connectivity index (χ2v) is 9.96. The molecule has 2 aromatic carbocycles. The molecule has 0 atom stereocenters. The number of carbonyl (C=O) groups is 1. The summed E-state index contributed by atoms with van der Waals surface area (Å²) in [7, 11) is -3.06. The lowest BCUT2D eigenvalue weighted by Crippen LogP contribution is -2.41. The van der Waals surface area contributed by atoms with Gasteiger partial charge in [0.2, 0.25) is 5.91 Å². The van der Waals surface area contributed by atoms with E-state index in [4.69, 9.17) is 21.1 Å². The zero-order valence-electron chi connectivity index (χ0n) is 19.4. The number of carbonyl (C=O) groups excluding carboxylic acids is 1. The number of nitrogens with one attached hydrogen (secondary N) is 1. The first-order chi connectivity index (χ1) is 16.0. The summed E-state index contributed by atoms with van der Waals surface area (Å²) in [5.41, 5.74) is -0.0256. The fraction of sp³-hybridized carbons (Fsp3) is 0.409. The Kier molecular flexibility index (Phi) is 9.66. The van der Waals surface area contributed by atoms with Crippen LogP contribution < -0.4 is 14.4 Å². The second kappa shape index (κ2) is 12.0. The first-order valence-corrected chi connectivity index (χ1v) is 12.3. The number of benzene rings is 2. The van der Waals surface area contributed by atoms with Crippen LogP contribution in [0.1, 0.15) is 25.8 Å². The molecule has 0 aromatic heterocycles. The molecule has 1 N–H and O–H groups in total. The van der Waals surface area contributed by atoms with Crippen molar-refractivity contribution in [3.63, 3.8) is 0 Å². The number of halogens is 1. The van der Waals surface area contributed by atoms with Crippen LogP contribution in [-0.4, -0.2) is 52.2 Å². The Hall–Kier alpha value is -2.89. The van der Waals surface area contributed by atoms with E-state index in [0.29, 0.717) is 18.6 Å². The Bertz CT molecular complexity index is 1140. The van der Waals surface area contributed by atoms with Gasteiger partial charge in [0.1, 0.15) is 12.3 Å². The zero-order chi connectivity index (χ0) is 25.5. The summed E-state index contributed by atoms with van der Waals surface area (Å²) < 4.78 is 38.7. The Morgan fingerprint density at radius 1 is 1.24 bits per heavy atom. The third-order valence-electron chi connectivity index (χ3n) is 4.76. The maximum atomic E-state index is 13.6. The van der Waals surface area contributed by atoms with Crippen molar-refractivity contribution in [1.82, 2.24) is 5.32 Å². The highest BCUT2D eigenvalue weighted by molar-refractivity contribution is 7.92. The maximum absolute atomic E-state index is 13.6. The SMILES string of the molecule is COc1ccc(Cl)cc1N(CC(=O)NCCCOC(C)C)S(=O)(=O)c1ccc(C)c([N+](=O)[O-])c1. The Balaban J connectivity index is 2.42. The fourth-order valence-electron chi connectivity index (χ4n) is 3.04. The van der Waals surface area contributed by atoms with Gasteiger partial charge in [0, 0.05) is 29.8 Å². The van der Waals surface area contributed by atoms with E-state index in [2.05, 4.69) is 5.32 Å². The second-order valence-electron chi connectivity index (χ2n) is 7.66. The molecule has 0 bridgehead atoms. The highest BCUT2D eigenvalue weighted by Crippen LogP contribution is 2.35. The van der Waals surface area contributed by atoms with Crippen molar-refractivity contribution in [2.24, 2.45) is 0 Å². The van der Waals surface area contributed by atoms with Gasteiger partial charge in [0.15, 0.2) is 0 Å². The minimum Gasteiger partial charge on any atom is -0.495 e. The van der Waals surface area contributed by atoms with Crippen LogP contribution in [-0.2, 0) is 19.6 Å². The minimum atomic E-state index is -4.41. The molecule has 0 aliphatic rings. The summed E-state index contributed by atoms with van der Waals surface area (Å²) in [6.45, 7) is 5.43. The van der Waals surface area contributed by atoms with Crippen molar-refractivity contribution >= 4 is 38.9 Å². The molecule has 10 nitrogen and oxygen atoms in total. The summed E-state index contributed by atoms with van der Waals surface area (Å²) in [6.07, 6.45) is 0.603. The number of methoxy groups -OCH3 is 1. The van der Waals surface area contributed by atoms with Gasteiger partial charge in [-0.1, -0.05) is 17.7 Å². The lowest BCUT2D eigenvalue weighted by molar-refractivity contribution is -0.385. The van der Waals surface area contributed by atoms with E-state index in [1.807, 2.05) is 13.8 Å². The molecule has 0 radical (unpaired) electrons. The van der Waals surface area contributed by atoms with E-state index in [1.165, 1.54) is 44.4 Å². The van der Waals surface area contributed by atoms with Crippen LogP contribution in [0.4, 0.5) is 11.4 Å². The number of nitro groups is 1. The van der Waals surface area contributed by atoms with Gasteiger partial charge in [-0.25, -0.2) is 8.42 Å². The molecule has 0 heterocycles. The molecule has 0 spiro atoms. The van der Waals surface area contributed by atoms with E-state index >= 15 is 0 Å². The molecular weight excluding hydrogens is 486 g/mol. The molecule has 34 heavy (non-hydrogen) atoms. The molecule has 0 fully saturated rings. The van der Waals surface area contributed by atoms with Crippen LogP contribution in [0.3, 0.4) is 0 Å². The molecule has 0 saturated heterocycles. The van der Waals surface area contributed by atoms with Crippen LogP contribution in [0.15, 0.2) is 41.3 Å². The number of ether oxygens (including phenoxy) is 2. The number of anilines is 1. The molecule has 0 aliphatic carbocycles. The Labute approximate surface area is 204 Å². The monoisotopic (exact) mass is 513 g/mol. The Morgan fingerprint density at radius 3 is 2.56 bits per heavy atom. The molecule has 12 heteroatoms. The van der Waals surface area contributed by atoms with E-state index in [0.717, 1.165) is 10.4 Å². The molecular formula is C22H28ClN3O7S. The topological polar surface area (TPSA) is 128 Å². The largest absolute Gasteiger partial charge is 0.495 e. The lowest BCUT2D eigenvalue weighted by atomic mass is 10.2. The van der Waals surface area contributed by atoms with Crippen LogP contribution in [0, 0.1) is 17.0 Å². The van der Waals surface area contributed by atoms with Gasteiger partial charge in [-0.15, -0.1) is 0 Å². The number of rotatable bonds is 12. The third-order valence-corrected chi connectivity index (χ3v) is 6.75. The normalized spacial score (nSPS) is 11.4. The van der Waals surface area contributed by atoms with Gasteiger partial charge in [0.25, 0.3) is 15.7 Å². The molecule has 2 aromatic rings. The van der Waals surface area contributed by atoms with Gasteiger partial charge in [-0.3, -0.25) is 19.2 Å². The van der Waals surface area contributed by atoms with Gasteiger partial charge >= 0.3 is 0 Å². The first kappa shape index (κ1) is 27.4. The van der Waals surface area contributed by atoms with Crippen LogP contribution >= 0.6 is 11.6 Å². The number of sulfonamides is 1. The molecule has 2 rings (SSSR count). The Morgan fingerprint density at radius 2 is 1.94 bits per heavy atom. The number of aryl methyl sites for hydroxylation is 1. The quantitative estimate of drug-likeness (QED) is 0.260. The van der Waals surface area contributed by atoms with Crippen molar-refractivity contribution < 1.29 is 27.6 Å². The van der Waals surface area contributed by atoms with E-state index in [1.54, 1.807) is 0 Å². The van der Waals surface area contributed by atoms with Crippen LogP contribution in [0.25, 0.3) is 0 Å². The number of amides is 1. The van der Waals surface area contributed by atoms with Gasteiger partial charge in [0.05, 0.1) is 28.7 Å². The van der Waals surface area contributed by atoms with Crippen molar-refractivity contribution in [2.45, 2.75) is 38.2 Å². The predicted molar refractivity (Wildman–Crippen MR) is 129 cm³/mol. The minimum absolute atomic E-state index is 0.0246. The lowest BCUT2D eigenvalue weighted by Gasteiger charge is -2.26. The van der Waals surface area contributed by atoms with E-state index in [-0.39, 0.29) is 39.7 Å². The van der Waals surface area contributed by atoms with Crippen molar-refractivity contribution in [1.29, 1.82) is 0 Å². The maximum Gasteiger partial charge on any atom is 0.273 e. The number of hydrogen-bond acceptors (Lipinski definition) is 7. The number of nitro benzene ring substituents is 1. The standard InChI is InChI=1S/C22H28ClN3O7S/c1-15(2)33-11-5-10-24-22(27)14-25(20-12-17(23)7-9-21(20)32-4)34(30,31)18-8-6-16(3)19(13-18)26(28)29/h6-9,12-13,15H,5,10-11,14H2,1-4H3,(H,24,27). The zero-order valence-corrected chi connectivity index (χ0v) is 21.0. The number of nitrogens with zero attached hydrogens (tertiary/aromatic N) is 2. The molecule has 0 saturated carbocycles. The van der Waals surface area contributed by atoms with Gasteiger partial charge in [-0.2, -0.15) is 0 Å². The summed E-state index contributed by atoms with van der Waals surface area (Å²) in [5, 5.41) is 14.2. The van der Waals surface area contributed by atoms with E-state index < -0.39 is 27.4 Å². The van der Waals surface area contributed by atoms with Crippen molar-refractivity contribution in [3.05, 3.63) is 57.1 Å². The van der Waals surface area contributed by atoms with Crippen LogP contribution in [0.2, 0.25) is 5.02 Å². The highest BCUT2D eigenvalue weighted by atomic mass is 35.5. The molecule has 186 valence electrons. The van der Waals surface area contributed by atoms with Crippen molar-refractivity contribution in [3.8, 4) is 5.75 Å². The van der Waals surface area contributed by atoms with Gasteiger partial charge in [-0.05, 0) is 51.5 Å². The van der Waals surface area contributed by atoms with Crippen LogP contribution in [0.5, 0.6) is 5.75 Å². The first-order valence-electron chi connectivity index (χ1n) is 10.5.